The molecule has 13 heavy (non-hydrogen) atoms. The molecule has 1 fully saturated rings. The molecule has 2 rings (SSSR count). The molecule has 1 heterocycles. The third-order valence-electron chi connectivity index (χ3n) is 2.73. The average Bonchev–Trinajstić information content (AvgIpc) is 2.12. The minimum atomic E-state index is -0.155. The first-order valence-electron chi connectivity index (χ1n) is 4.44. The van der Waals surface area contributed by atoms with Crippen molar-refractivity contribution in [2.24, 2.45) is 11.8 Å². The van der Waals surface area contributed by atoms with Gasteiger partial charge in [0.25, 0.3) is 0 Å². The van der Waals surface area contributed by atoms with Gasteiger partial charge in [-0.05, 0) is 19.8 Å². The summed E-state index contributed by atoms with van der Waals surface area (Å²) >= 11 is 0. The van der Waals surface area contributed by atoms with Crippen molar-refractivity contribution in [1.82, 2.24) is 10.9 Å². The van der Waals surface area contributed by atoms with E-state index in [4.69, 9.17) is 0 Å². The molecule has 0 aromatic carbocycles. The number of rotatable bonds is 0. The lowest BCUT2D eigenvalue weighted by Crippen LogP contribution is -2.56. The van der Waals surface area contributed by atoms with E-state index in [0.717, 1.165) is 0 Å². The summed E-state index contributed by atoms with van der Waals surface area (Å²) < 4.78 is 0. The molecule has 4 nitrogen and oxygen atoms in total. The minimum absolute atomic E-state index is 0.0583. The fourth-order valence-corrected chi connectivity index (χ4v) is 1.94. The Morgan fingerprint density at radius 3 is 2.54 bits per heavy atom. The van der Waals surface area contributed by atoms with Gasteiger partial charge in [0.15, 0.2) is 0 Å². The molecule has 1 saturated heterocycles. The van der Waals surface area contributed by atoms with Crippen molar-refractivity contribution in [3.63, 3.8) is 0 Å². The first kappa shape index (κ1) is 8.29. The van der Waals surface area contributed by atoms with Crippen LogP contribution in [-0.2, 0) is 9.59 Å². The number of hydrazine groups is 1. The maximum atomic E-state index is 11.4. The van der Waals surface area contributed by atoms with E-state index in [1.807, 2.05) is 13.0 Å². The number of carbonyl (C=O) groups is 2. The normalized spacial score (nSPS) is 32.8. The van der Waals surface area contributed by atoms with Gasteiger partial charge in [0, 0.05) is 0 Å². The van der Waals surface area contributed by atoms with Crippen LogP contribution in [0.3, 0.4) is 0 Å². The van der Waals surface area contributed by atoms with Crippen LogP contribution in [0, 0.1) is 11.8 Å². The van der Waals surface area contributed by atoms with Crippen LogP contribution >= 0.6 is 0 Å². The van der Waals surface area contributed by atoms with Gasteiger partial charge in [0.1, 0.15) is 0 Å². The van der Waals surface area contributed by atoms with Crippen LogP contribution in [0.4, 0.5) is 0 Å². The van der Waals surface area contributed by atoms with Crippen molar-refractivity contribution in [2.75, 3.05) is 0 Å². The second kappa shape index (κ2) is 2.87. The number of fused-ring (bicyclic) bond motifs is 1. The summed E-state index contributed by atoms with van der Waals surface area (Å²) in [5.74, 6) is -0.429. The molecule has 0 radical (unpaired) electrons. The maximum absolute atomic E-state index is 11.4. The highest BCUT2D eigenvalue weighted by Gasteiger charge is 2.38. The van der Waals surface area contributed by atoms with Gasteiger partial charge in [0.2, 0.25) is 11.8 Å². The molecule has 2 aliphatic rings. The predicted molar refractivity (Wildman–Crippen MR) is 46.3 cm³/mol. The molecule has 0 spiro atoms. The van der Waals surface area contributed by atoms with Crippen molar-refractivity contribution in [3.05, 3.63) is 11.6 Å². The van der Waals surface area contributed by atoms with Crippen molar-refractivity contribution in [2.45, 2.75) is 19.8 Å². The lowest BCUT2D eigenvalue weighted by molar-refractivity contribution is -0.143. The second-order valence-corrected chi connectivity index (χ2v) is 3.68. The van der Waals surface area contributed by atoms with E-state index in [1.165, 1.54) is 5.57 Å². The zero-order valence-electron chi connectivity index (χ0n) is 7.46. The van der Waals surface area contributed by atoms with Crippen LogP contribution in [0.15, 0.2) is 11.6 Å². The summed E-state index contributed by atoms with van der Waals surface area (Å²) in [7, 11) is 0. The quantitative estimate of drug-likeness (QED) is 0.520. The number of nitrogens with one attached hydrogen (secondary N) is 2. The standard InChI is InChI=1S/C9H12N2O2/c1-5-2-3-6-7(4-5)9(13)11-10-8(6)12/h2,6-7H,3-4H2,1H3,(H,10,12)(H,11,13)/t6-,7+/m0/s1. The fourth-order valence-electron chi connectivity index (χ4n) is 1.94. The Morgan fingerprint density at radius 2 is 1.85 bits per heavy atom. The van der Waals surface area contributed by atoms with Crippen molar-refractivity contribution >= 4 is 11.8 Å². The average molecular weight is 180 g/mol. The highest BCUT2D eigenvalue weighted by molar-refractivity contribution is 5.93. The Bertz CT molecular complexity index is 296. The van der Waals surface area contributed by atoms with E-state index < -0.39 is 0 Å². The second-order valence-electron chi connectivity index (χ2n) is 3.68. The molecule has 2 amide bonds. The summed E-state index contributed by atoms with van der Waals surface area (Å²) in [6.45, 7) is 2.00. The van der Waals surface area contributed by atoms with Crippen molar-refractivity contribution in [3.8, 4) is 0 Å². The molecule has 1 aliphatic carbocycles. The first-order chi connectivity index (χ1) is 6.18. The van der Waals surface area contributed by atoms with E-state index in [0.29, 0.717) is 12.8 Å². The Labute approximate surface area is 76.4 Å². The number of hydrogen-bond donors (Lipinski definition) is 2. The summed E-state index contributed by atoms with van der Waals surface area (Å²) in [4.78, 5) is 22.7. The van der Waals surface area contributed by atoms with Crippen molar-refractivity contribution < 1.29 is 9.59 Å². The van der Waals surface area contributed by atoms with Crippen LogP contribution < -0.4 is 10.9 Å². The number of hydrogen-bond acceptors (Lipinski definition) is 2. The van der Waals surface area contributed by atoms with Gasteiger partial charge in [-0.25, -0.2) is 0 Å². The van der Waals surface area contributed by atoms with Gasteiger partial charge in [0.05, 0.1) is 11.8 Å². The molecule has 0 aromatic rings. The van der Waals surface area contributed by atoms with Gasteiger partial charge in [-0.15, -0.1) is 0 Å². The summed E-state index contributed by atoms with van der Waals surface area (Å²) in [6, 6.07) is 0. The third-order valence-corrected chi connectivity index (χ3v) is 2.73. The van der Waals surface area contributed by atoms with Crippen molar-refractivity contribution in [1.29, 1.82) is 0 Å². The molecule has 0 aromatic heterocycles. The zero-order valence-corrected chi connectivity index (χ0v) is 7.46. The third kappa shape index (κ3) is 1.32. The van der Waals surface area contributed by atoms with E-state index in [-0.39, 0.29) is 23.7 Å². The SMILES string of the molecule is CC1=CC[C@@H]2C(=O)NNC(=O)[C@@H]2C1. The topological polar surface area (TPSA) is 58.2 Å². The van der Waals surface area contributed by atoms with E-state index >= 15 is 0 Å². The van der Waals surface area contributed by atoms with Gasteiger partial charge in [-0.2, -0.15) is 0 Å². The lowest BCUT2D eigenvalue weighted by Gasteiger charge is -2.32. The van der Waals surface area contributed by atoms with Crippen LogP contribution in [0.1, 0.15) is 19.8 Å². The van der Waals surface area contributed by atoms with Gasteiger partial charge < -0.3 is 0 Å². The molecule has 0 saturated carbocycles. The molecule has 2 atom stereocenters. The smallest absolute Gasteiger partial charge is 0.242 e. The Balaban J connectivity index is 2.24. The number of amides is 2. The summed E-state index contributed by atoms with van der Waals surface area (Å²) in [6.07, 6.45) is 3.44. The van der Waals surface area contributed by atoms with E-state index in [1.54, 1.807) is 0 Å². The fraction of sp³-hybridized carbons (Fsp3) is 0.556. The molecule has 70 valence electrons. The molecule has 0 bridgehead atoms. The molecular formula is C9H12N2O2. The lowest BCUT2D eigenvalue weighted by atomic mass is 9.78. The molecule has 2 N–H and O–H groups in total. The zero-order chi connectivity index (χ0) is 9.42. The molecule has 0 unspecified atom stereocenters. The van der Waals surface area contributed by atoms with Gasteiger partial charge in [-0.3, -0.25) is 20.4 Å². The van der Waals surface area contributed by atoms with E-state index in [2.05, 4.69) is 10.9 Å². The summed E-state index contributed by atoms with van der Waals surface area (Å²) in [5, 5.41) is 0. The van der Waals surface area contributed by atoms with Gasteiger partial charge in [-0.1, -0.05) is 11.6 Å². The van der Waals surface area contributed by atoms with E-state index in [9.17, 15) is 9.59 Å². The number of carbonyl (C=O) groups excluding carboxylic acids is 2. The molecule has 1 aliphatic heterocycles. The molecule has 4 heteroatoms. The van der Waals surface area contributed by atoms with Crippen LogP contribution in [0.25, 0.3) is 0 Å². The monoisotopic (exact) mass is 180 g/mol. The highest BCUT2D eigenvalue weighted by atomic mass is 16.2. The number of allylic oxidation sites excluding steroid dienone is 2. The Morgan fingerprint density at radius 1 is 1.23 bits per heavy atom. The molecular weight excluding hydrogens is 168 g/mol. The van der Waals surface area contributed by atoms with Crippen LogP contribution in [0.5, 0.6) is 0 Å². The highest BCUT2D eigenvalue weighted by Crippen LogP contribution is 2.31. The summed E-state index contributed by atoms with van der Waals surface area (Å²) in [5.41, 5.74) is 5.96. The maximum Gasteiger partial charge on any atom is 0.242 e. The van der Waals surface area contributed by atoms with Crippen LogP contribution in [0.2, 0.25) is 0 Å². The predicted octanol–water partition coefficient (Wildman–Crippen LogP) is 0.120. The van der Waals surface area contributed by atoms with Crippen LogP contribution in [-0.4, -0.2) is 11.8 Å². The van der Waals surface area contributed by atoms with Gasteiger partial charge >= 0.3 is 0 Å². The Hall–Kier alpha value is -1.32. The largest absolute Gasteiger partial charge is 0.273 e. The first-order valence-corrected chi connectivity index (χ1v) is 4.44. The minimum Gasteiger partial charge on any atom is -0.273 e. The Kier molecular flexibility index (Phi) is 1.83.